The van der Waals surface area contributed by atoms with E-state index < -0.39 is 17.5 Å². The van der Waals surface area contributed by atoms with E-state index in [0.29, 0.717) is 13.0 Å². The highest BCUT2D eigenvalue weighted by atomic mass is 19.2. The van der Waals surface area contributed by atoms with Gasteiger partial charge in [-0.25, -0.2) is 13.2 Å². The van der Waals surface area contributed by atoms with Crippen molar-refractivity contribution in [1.29, 1.82) is 5.41 Å². The van der Waals surface area contributed by atoms with Gasteiger partial charge in [0.25, 0.3) is 0 Å². The van der Waals surface area contributed by atoms with E-state index in [1.54, 1.807) is 0 Å². The van der Waals surface area contributed by atoms with E-state index in [4.69, 9.17) is 5.41 Å². The Morgan fingerprint density at radius 1 is 1.06 bits per heavy atom. The molecule has 0 spiro atoms. The molecule has 5 heteroatoms. The number of hydrogen-bond donors (Lipinski definition) is 1. The average Bonchev–Trinajstić information content (AvgIpc) is 2.28. The lowest BCUT2D eigenvalue weighted by Gasteiger charge is -2.29. The van der Waals surface area contributed by atoms with Crippen LogP contribution in [0, 0.1) is 22.9 Å². The third kappa shape index (κ3) is 1.77. The first kappa shape index (κ1) is 11.0. The molecule has 0 aromatic heterocycles. The molecule has 0 radical (unpaired) electrons. The molecule has 86 valence electrons. The Morgan fingerprint density at radius 3 is 2.50 bits per heavy atom. The average molecular weight is 228 g/mol. The highest BCUT2D eigenvalue weighted by Gasteiger charge is 2.22. The lowest BCUT2D eigenvalue weighted by molar-refractivity contribution is 0.447. The number of amidine groups is 1. The standard InChI is InChI=1S/C11H11F3N2/c12-7-4-5-8(11(14)10(7)13)16-6-2-1-3-9(16)15/h4-5,15H,1-3,6H2. The summed E-state index contributed by atoms with van der Waals surface area (Å²) in [5, 5.41) is 7.65. The topological polar surface area (TPSA) is 27.1 Å². The van der Waals surface area contributed by atoms with E-state index in [9.17, 15) is 13.2 Å². The first-order valence-corrected chi connectivity index (χ1v) is 5.09. The molecule has 0 saturated carbocycles. The summed E-state index contributed by atoms with van der Waals surface area (Å²) in [6.45, 7) is 0.473. The van der Waals surface area contributed by atoms with Gasteiger partial charge in [-0.15, -0.1) is 0 Å². The van der Waals surface area contributed by atoms with Gasteiger partial charge >= 0.3 is 0 Å². The molecular formula is C11H11F3N2. The minimum atomic E-state index is -1.48. The Bertz CT molecular complexity index is 431. The second-order valence-electron chi connectivity index (χ2n) is 3.75. The number of nitrogens with one attached hydrogen (secondary N) is 1. The van der Waals surface area contributed by atoms with Crippen LogP contribution in [0.1, 0.15) is 19.3 Å². The molecule has 1 fully saturated rings. The molecule has 0 aliphatic carbocycles. The number of anilines is 1. The molecule has 2 rings (SSSR count). The SMILES string of the molecule is N=C1CCCCN1c1ccc(F)c(F)c1F. The van der Waals surface area contributed by atoms with E-state index >= 15 is 0 Å². The van der Waals surface area contributed by atoms with Crippen LogP contribution in [-0.2, 0) is 0 Å². The van der Waals surface area contributed by atoms with Crippen LogP contribution in [0.25, 0.3) is 0 Å². The zero-order valence-corrected chi connectivity index (χ0v) is 8.56. The van der Waals surface area contributed by atoms with Crippen molar-refractivity contribution >= 4 is 11.5 Å². The Hall–Kier alpha value is -1.52. The predicted molar refractivity (Wildman–Crippen MR) is 55.2 cm³/mol. The summed E-state index contributed by atoms with van der Waals surface area (Å²) < 4.78 is 39.2. The second kappa shape index (κ2) is 4.15. The molecule has 1 aromatic rings. The molecule has 1 aromatic carbocycles. The second-order valence-corrected chi connectivity index (χ2v) is 3.75. The number of rotatable bonds is 1. The van der Waals surface area contributed by atoms with Crippen LogP contribution in [0.15, 0.2) is 12.1 Å². The van der Waals surface area contributed by atoms with Gasteiger partial charge in [-0.2, -0.15) is 0 Å². The first-order valence-electron chi connectivity index (χ1n) is 5.09. The maximum absolute atomic E-state index is 13.5. The van der Waals surface area contributed by atoms with Crippen LogP contribution in [0.2, 0.25) is 0 Å². The van der Waals surface area contributed by atoms with Crippen molar-refractivity contribution in [2.24, 2.45) is 0 Å². The summed E-state index contributed by atoms with van der Waals surface area (Å²) in [7, 11) is 0. The monoisotopic (exact) mass is 228 g/mol. The van der Waals surface area contributed by atoms with Crippen LogP contribution < -0.4 is 4.90 Å². The summed E-state index contributed by atoms with van der Waals surface area (Å²) in [4.78, 5) is 1.39. The smallest absolute Gasteiger partial charge is 0.196 e. The largest absolute Gasteiger partial charge is 0.328 e. The number of halogens is 3. The quantitative estimate of drug-likeness (QED) is 0.735. The van der Waals surface area contributed by atoms with Crippen molar-refractivity contribution in [3.63, 3.8) is 0 Å². The van der Waals surface area contributed by atoms with E-state index in [2.05, 4.69) is 0 Å². The van der Waals surface area contributed by atoms with Gasteiger partial charge in [0, 0.05) is 13.0 Å². The van der Waals surface area contributed by atoms with Gasteiger partial charge in [-0.1, -0.05) is 0 Å². The highest BCUT2D eigenvalue weighted by molar-refractivity contribution is 5.96. The minimum absolute atomic E-state index is 0.0522. The van der Waals surface area contributed by atoms with Crippen molar-refractivity contribution < 1.29 is 13.2 Å². The van der Waals surface area contributed by atoms with Crippen molar-refractivity contribution in [1.82, 2.24) is 0 Å². The Kier molecular flexibility index (Phi) is 2.85. The van der Waals surface area contributed by atoms with Crippen LogP contribution in [0.5, 0.6) is 0 Å². The molecule has 0 amide bonds. The predicted octanol–water partition coefficient (Wildman–Crippen LogP) is 3.07. The van der Waals surface area contributed by atoms with Gasteiger partial charge in [-0.3, -0.25) is 5.41 Å². The molecule has 1 aliphatic rings. The molecule has 1 saturated heterocycles. The molecular weight excluding hydrogens is 217 g/mol. The molecule has 2 nitrogen and oxygen atoms in total. The fourth-order valence-corrected chi connectivity index (χ4v) is 1.82. The van der Waals surface area contributed by atoms with Gasteiger partial charge in [0.05, 0.1) is 5.69 Å². The Balaban J connectivity index is 2.40. The van der Waals surface area contributed by atoms with Crippen LogP contribution in [-0.4, -0.2) is 12.4 Å². The summed E-state index contributed by atoms with van der Waals surface area (Å²) in [5.41, 5.74) is -0.0522. The number of nitrogens with zero attached hydrogens (tertiary/aromatic N) is 1. The molecule has 16 heavy (non-hydrogen) atoms. The fraction of sp³-hybridized carbons (Fsp3) is 0.364. The van der Waals surface area contributed by atoms with Gasteiger partial charge < -0.3 is 4.90 Å². The number of piperidine rings is 1. The van der Waals surface area contributed by atoms with Gasteiger partial charge in [0.1, 0.15) is 5.84 Å². The van der Waals surface area contributed by atoms with E-state index in [1.165, 1.54) is 11.0 Å². The third-order valence-electron chi connectivity index (χ3n) is 2.68. The van der Waals surface area contributed by atoms with Gasteiger partial charge in [0.2, 0.25) is 0 Å². The summed E-state index contributed by atoms with van der Waals surface area (Å²) in [6, 6.07) is 2.06. The van der Waals surface area contributed by atoms with E-state index in [-0.39, 0.29) is 11.5 Å². The van der Waals surface area contributed by atoms with E-state index in [0.717, 1.165) is 18.9 Å². The number of hydrogen-bond acceptors (Lipinski definition) is 1. The molecule has 1 aliphatic heterocycles. The van der Waals surface area contributed by atoms with Crippen LogP contribution >= 0.6 is 0 Å². The first-order chi connectivity index (χ1) is 7.61. The van der Waals surface area contributed by atoms with Crippen LogP contribution in [0.3, 0.4) is 0 Å². The molecule has 1 N–H and O–H groups in total. The zero-order chi connectivity index (χ0) is 11.7. The lowest BCUT2D eigenvalue weighted by atomic mass is 10.1. The Labute approximate surface area is 91.2 Å². The molecule has 0 atom stereocenters. The van der Waals surface area contributed by atoms with Crippen molar-refractivity contribution in [2.45, 2.75) is 19.3 Å². The third-order valence-corrected chi connectivity index (χ3v) is 2.68. The zero-order valence-electron chi connectivity index (χ0n) is 8.56. The van der Waals surface area contributed by atoms with Crippen molar-refractivity contribution in [3.8, 4) is 0 Å². The highest BCUT2D eigenvalue weighted by Crippen LogP contribution is 2.26. The molecule has 0 bridgehead atoms. The maximum atomic E-state index is 13.5. The Morgan fingerprint density at radius 2 is 1.81 bits per heavy atom. The minimum Gasteiger partial charge on any atom is -0.328 e. The van der Waals surface area contributed by atoms with Gasteiger partial charge in [0.15, 0.2) is 17.5 Å². The van der Waals surface area contributed by atoms with Crippen molar-refractivity contribution in [2.75, 3.05) is 11.4 Å². The maximum Gasteiger partial charge on any atom is 0.196 e. The summed E-state index contributed by atoms with van der Waals surface area (Å²) >= 11 is 0. The normalized spacial score (nSPS) is 16.7. The number of benzene rings is 1. The van der Waals surface area contributed by atoms with Gasteiger partial charge in [-0.05, 0) is 25.0 Å². The summed E-state index contributed by atoms with van der Waals surface area (Å²) in [6.07, 6.45) is 2.24. The van der Waals surface area contributed by atoms with Crippen LogP contribution in [0.4, 0.5) is 18.9 Å². The molecule has 0 unspecified atom stereocenters. The summed E-state index contributed by atoms with van der Waals surface area (Å²) in [5.74, 6) is -3.65. The molecule has 1 heterocycles. The lowest BCUT2D eigenvalue weighted by Crippen LogP contribution is -2.35. The fourth-order valence-electron chi connectivity index (χ4n) is 1.82. The van der Waals surface area contributed by atoms with Crippen molar-refractivity contribution in [3.05, 3.63) is 29.6 Å². The van der Waals surface area contributed by atoms with E-state index in [1.807, 2.05) is 0 Å².